The van der Waals surface area contributed by atoms with Crippen LogP contribution < -0.4 is 10.6 Å². The fourth-order valence-corrected chi connectivity index (χ4v) is 2.71. The minimum atomic E-state index is -0.190. The van der Waals surface area contributed by atoms with E-state index >= 15 is 0 Å². The molecular formula is C16H17FN2. The van der Waals surface area contributed by atoms with Gasteiger partial charge < -0.3 is 10.6 Å². The highest BCUT2D eigenvalue weighted by molar-refractivity contribution is 5.70. The lowest BCUT2D eigenvalue weighted by Crippen LogP contribution is -2.14. The molecule has 0 saturated heterocycles. The maximum absolute atomic E-state index is 13.7. The quantitative estimate of drug-likeness (QED) is 0.914. The number of para-hydroxylation sites is 1. The Bertz CT molecular complexity index is 595. The van der Waals surface area contributed by atoms with Crippen molar-refractivity contribution in [2.24, 2.45) is 5.73 Å². The molecule has 1 heterocycles. The van der Waals surface area contributed by atoms with Crippen LogP contribution in [0.3, 0.4) is 0 Å². The fourth-order valence-electron chi connectivity index (χ4n) is 2.71. The molecular weight excluding hydrogens is 239 g/mol. The second-order valence-corrected chi connectivity index (χ2v) is 4.89. The second-order valence-electron chi connectivity index (χ2n) is 4.89. The summed E-state index contributed by atoms with van der Waals surface area (Å²) in [7, 11) is 0. The number of nitrogens with two attached hydrogens (primary N) is 1. The molecule has 0 aromatic heterocycles. The Hall–Kier alpha value is -1.87. The summed E-state index contributed by atoms with van der Waals surface area (Å²) in [5.74, 6) is -0.190. The number of hydrogen-bond acceptors (Lipinski definition) is 2. The number of halogens is 1. The molecule has 19 heavy (non-hydrogen) atoms. The van der Waals surface area contributed by atoms with E-state index in [0.29, 0.717) is 13.0 Å². The largest absolute Gasteiger partial charge is 0.341 e. The van der Waals surface area contributed by atoms with Gasteiger partial charge in [0.25, 0.3) is 0 Å². The topological polar surface area (TPSA) is 29.3 Å². The van der Waals surface area contributed by atoms with Gasteiger partial charge in [-0.2, -0.15) is 0 Å². The Labute approximate surface area is 112 Å². The van der Waals surface area contributed by atoms with Crippen molar-refractivity contribution in [3.05, 3.63) is 59.4 Å². The van der Waals surface area contributed by atoms with Crippen LogP contribution in [0.4, 0.5) is 15.8 Å². The molecule has 2 aromatic rings. The van der Waals surface area contributed by atoms with Gasteiger partial charge in [-0.05, 0) is 54.8 Å². The van der Waals surface area contributed by atoms with Gasteiger partial charge in [-0.1, -0.05) is 18.2 Å². The first-order valence-electron chi connectivity index (χ1n) is 6.63. The van der Waals surface area contributed by atoms with E-state index in [0.717, 1.165) is 24.2 Å². The van der Waals surface area contributed by atoms with E-state index < -0.39 is 0 Å². The highest BCUT2D eigenvalue weighted by Gasteiger charge is 2.20. The van der Waals surface area contributed by atoms with Crippen LogP contribution in [0.15, 0.2) is 42.5 Å². The van der Waals surface area contributed by atoms with Gasteiger partial charge in [0.15, 0.2) is 0 Å². The first-order chi connectivity index (χ1) is 9.28. The normalized spacial score (nSPS) is 13.7. The van der Waals surface area contributed by atoms with Gasteiger partial charge in [-0.25, -0.2) is 4.39 Å². The van der Waals surface area contributed by atoms with Gasteiger partial charge in [0.2, 0.25) is 0 Å². The van der Waals surface area contributed by atoms with Gasteiger partial charge in [-0.15, -0.1) is 0 Å². The third-order valence-electron chi connectivity index (χ3n) is 3.57. The molecule has 1 aliphatic rings. The van der Waals surface area contributed by atoms with E-state index in [4.69, 9.17) is 5.73 Å². The molecule has 0 spiro atoms. The molecule has 1 aliphatic heterocycles. The number of nitrogens with zero attached hydrogens (tertiary/aromatic N) is 1. The summed E-state index contributed by atoms with van der Waals surface area (Å²) < 4.78 is 13.7. The van der Waals surface area contributed by atoms with E-state index in [-0.39, 0.29) is 5.82 Å². The Morgan fingerprint density at radius 3 is 2.84 bits per heavy atom. The average Bonchev–Trinajstić information content (AvgIpc) is 2.82. The lowest BCUT2D eigenvalue weighted by molar-refractivity contribution is 0.625. The van der Waals surface area contributed by atoms with Crippen LogP contribution in [0.2, 0.25) is 0 Å². The van der Waals surface area contributed by atoms with Crippen molar-refractivity contribution in [2.45, 2.75) is 12.8 Å². The summed E-state index contributed by atoms with van der Waals surface area (Å²) in [6, 6.07) is 13.5. The minimum Gasteiger partial charge on any atom is -0.341 e. The standard InChI is InChI=1S/C16H17FN2/c17-14-9-12(5-7-18)10-15(11-14)19-8-6-13-3-1-2-4-16(13)19/h1-4,9-11H,5-8,18H2. The van der Waals surface area contributed by atoms with Crippen molar-refractivity contribution in [1.82, 2.24) is 0 Å². The Kier molecular flexibility index (Phi) is 3.22. The molecule has 3 heteroatoms. The van der Waals surface area contributed by atoms with Gasteiger partial charge >= 0.3 is 0 Å². The summed E-state index contributed by atoms with van der Waals surface area (Å²) in [5, 5.41) is 0. The summed E-state index contributed by atoms with van der Waals surface area (Å²) in [5.41, 5.74) is 9.95. The van der Waals surface area contributed by atoms with Gasteiger partial charge in [0.1, 0.15) is 5.82 Å². The van der Waals surface area contributed by atoms with Crippen LogP contribution in [0.1, 0.15) is 11.1 Å². The van der Waals surface area contributed by atoms with E-state index in [9.17, 15) is 4.39 Å². The lowest BCUT2D eigenvalue weighted by atomic mass is 10.1. The molecule has 0 fully saturated rings. The van der Waals surface area contributed by atoms with Crippen LogP contribution in [-0.2, 0) is 12.8 Å². The molecule has 0 saturated carbocycles. The van der Waals surface area contributed by atoms with Crippen LogP contribution in [0.25, 0.3) is 0 Å². The highest BCUT2D eigenvalue weighted by atomic mass is 19.1. The van der Waals surface area contributed by atoms with Gasteiger partial charge in [-0.3, -0.25) is 0 Å². The van der Waals surface area contributed by atoms with Crippen LogP contribution in [0.5, 0.6) is 0 Å². The van der Waals surface area contributed by atoms with Crippen molar-refractivity contribution in [3.8, 4) is 0 Å². The van der Waals surface area contributed by atoms with Gasteiger partial charge in [0, 0.05) is 17.9 Å². The zero-order chi connectivity index (χ0) is 13.2. The molecule has 0 radical (unpaired) electrons. The zero-order valence-corrected chi connectivity index (χ0v) is 10.8. The summed E-state index contributed by atoms with van der Waals surface area (Å²) in [6.07, 6.45) is 1.72. The lowest BCUT2D eigenvalue weighted by Gasteiger charge is -2.20. The van der Waals surface area contributed by atoms with Crippen molar-refractivity contribution < 1.29 is 4.39 Å². The molecule has 3 rings (SSSR count). The predicted molar refractivity (Wildman–Crippen MR) is 76.3 cm³/mol. The molecule has 2 aromatic carbocycles. The van der Waals surface area contributed by atoms with Gasteiger partial charge in [0.05, 0.1) is 0 Å². The van der Waals surface area contributed by atoms with Crippen molar-refractivity contribution >= 4 is 11.4 Å². The molecule has 0 unspecified atom stereocenters. The van der Waals surface area contributed by atoms with Crippen molar-refractivity contribution in [2.75, 3.05) is 18.0 Å². The Balaban J connectivity index is 1.99. The van der Waals surface area contributed by atoms with Crippen molar-refractivity contribution in [1.29, 1.82) is 0 Å². The molecule has 0 aliphatic carbocycles. The van der Waals surface area contributed by atoms with Crippen LogP contribution >= 0.6 is 0 Å². The second kappa shape index (κ2) is 5.02. The third kappa shape index (κ3) is 2.34. The van der Waals surface area contributed by atoms with Crippen LogP contribution in [0, 0.1) is 5.82 Å². The van der Waals surface area contributed by atoms with Crippen molar-refractivity contribution in [3.63, 3.8) is 0 Å². The van der Waals surface area contributed by atoms with E-state index in [1.807, 2.05) is 18.2 Å². The smallest absolute Gasteiger partial charge is 0.125 e. The number of hydrogen-bond donors (Lipinski definition) is 1. The number of anilines is 2. The Morgan fingerprint density at radius 1 is 1.16 bits per heavy atom. The minimum absolute atomic E-state index is 0.190. The molecule has 0 bridgehead atoms. The summed E-state index contributed by atoms with van der Waals surface area (Å²) in [4.78, 5) is 2.18. The molecule has 2 nitrogen and oxygen atoms in total. The maximum Gasteiger partial charge on any atom is 0.125 e. The summed E-state index contributed by atoms with van der Waals surface area (Å²) in [6.45, 7) is 1.45. The number of benzene rings is 2. The van der Waals surface area contributed by atoms with E-state index in [1.165, 1.54) is 11.3 Å². The van der Waals surface area contributed by atoms with E-state index in [2.05, 4.69) is 17.0 Å². The monoisotopic (exact) mass is 256 g/mol. The summed E-state index contributed by atoms with van der Waals surface area (Å²) >= 11 is 0. The highest BCUT2D eigenvalue weighted by Crippen LogP contribution is 2.34. The molecule has 98 valence electrons. The van der Waals surface area contributed by atoms with E-state index in [1.54, 1.807) is 12.1 Å². The predicted octanol–water partition coefficient (Wildman–Crippen LogP) is 3.02. The molecule has 0 amide bonds. The first-order valence-corrected chi connectivity index (χ1v) is 6.63. The molecule has 0 atom stereocenters. The Morgan fingerprint density at radius 2 is 2.00 bits per heavy atom. The average molecular weight is 256 g/mol. The zero-order valence-electron chi connectivity index (χ0n) is 10.8. The first kappa shape index (κ1) is 12.2. The SMILES string of the molecule is NCCc1cc(F)cc(N2CCc3ccccc32)c1. The molecule has 2 N–H and O–H groups in total. The fraction of sp³-hybridized carbons (Fsp3) is 0.250. The maximum atomic E-state index is 13.7. The third-order valence-corrected chi connectivity index (χ3v) is 3.57. The number of rotatable bonds is 3. The van der Waals surface area contributed by atoms with Crippen LogP contribution in [-0.4, -0.2) is 13.1 Å². The number of fused-ring (bicyclic) bond motifs is 1.